The number of nitrogens with zero attached hydrogens (tertiary/aromatic N) is 2. The minimum absolute atomic E-state index is 0.330. The molecule has 1 aromatic heterocycles. The number of pyridine rings is 1. The molecule has 1 heterocycles. The topological polar surface area (TPSA) is 71.9 Å². The Morgan fingerprint density at radius 3 is 2.45 bits per heavy atom. The summed E-state index contributed by atoms with van der Waals surface area (Å²) in [6, 6.07) is 6.77. The molecule has 0 aliphatic carbocycles. The predicted octanol–water partition coefficient (Wildman–Crippen LogP) is 4.25. The highest BCUT2D eigenvalue weighted by atomic mass is 35.5. The molecule has 0 unspecified atom stereocenters. The van der Waals surface area contributed by atoms with Crippen LogP contribution in [0.2, 0.25) is 10.0 Å². The molecule has 4 nitrogen and oxygen atoms in total. The van der Waals surface area contributed by atoms with E-state index >= 15 is 0 Å². The van der Waals surface area contributed by atoms with E-state index in [4.69, 9.17) is 33.7 Å². The van der Waals surface area contributed by atoms with E-state index < -0.39 is 0 Å². The number of nitrogen functional groups attached to an aromatic ring is 1. The summed E-state index contributed by atoms with van der Waals surface area (Å²) >= 11 is 11.8. The summed E-state index contributed by atoms with van der Waals surface area (Å²) in [5, 5.41) is 9.86. The minimum Gasteiger partial charge on any atom is -0.454 e. The molecular formula is C14H11Cl2N3O. The second-order valence-electron chi connectivity index (χ2n) is 4.24. The lowest BCUT2D eigenvalue weighted by atomic mass is 10.2. The van der Waals surface area contributed by atoms with Gasteiger partial charge in [0.05, 0.1) is 21.4 Å². The van der Waals surface area contributed by atoms with Crippen molar-refractivity contribution in [3.63, 3.8) is 0 Å². The van der Waals surface area contributed by atoms with E-state index in [1.54, 1.807) is 13.0 Å². The Kier molecular flexibility index (Phi) is 4.03. The molecule has 0 fully saturated rings. The Bertz CT molecular complexity index is 723. The normalized spacial score (nSPS) is 10.2. The summed E-state index contributed by atoms with van der Waals surface area (Å²) in [4.78, 5) is 4.22. The van der Waals surface area contributed by atoms with Crippen LogP contribution in [0.1, 0.15) is 17.0 Å². The molecular weight excluding hydrogens is 297 g/mol. The van der Waals surface area contributed by atoms with Crippen molar-refractivity contribution < 1.29 is 4.74 Å². The van der Waals surface area contributed by atoms with Crippen LogP contribution in [0.3, 0.4) is 0 Å². The van der Waals surface area contributed by atoms with Crippen LogP contribution in [0.15, 0.2) is 18.2 Å². The standard InChI is InChI=1S/C14H11Cl2N3O/c1-7-3-13(9(6-17)8(2)19-7)20-14-5-11(16)10(15)4-12(14)18/h3-5H,18H2,1-2H3. The van der Waals surface area contributed by atoms with E-state index in [2.05, 4.69) is 11.1 Å². The summed E-state index contributed by atoms with van der Waals surface area (Å²) < 4.78 is 5.70. The summed E-state index contributed by atoms with van der Waals surface area (Å²) in [6.07, 6.45) is 0. The van der Waals surface area contributed by atoms with E-state index in [1.807, 2.05) is 6.92 Å². The molecule has 0 bridgehead atoms. The molecule has 20 heavy (non-hydrogen) atoms. The van der Waals surface area contributed by atoms with E-state index in [0.717, 1.165) is 5.69 Å². The number of hydrogen-bond acceptors (Lipinski definition) is 4. The summed E-state index contributed by atoms with van der Waals surface area (Å²) in [7, 11) is 0. The number of hydrogen-bond donors (Lipinski definition) is 1. The Balaban J connectivity index is 2.51. The molecule has 1 aromatic carbocycles. The monoisotopic (exact) mass is 307 g/mol. The van der Waals surface area contributed by atoms with Crippen LogP contribution < -0.4 is 10.5 Å². The average molecular weight is 308 g/mol. The van der Waals surface area contributed by atoms with Gasteiger partial charge in [0.2, 0.25) is 0 Å². The molecule has 2 rings (SSSR count). The summed E-state index contributed by atoms with van der Waals surface area (Å²) in [5.41, 5.74) is 7.89. The van der Waals surface area contributed by atoms with Crippen LogP contribution in [0.5, 0.6) is 11.5 Å². The number of benzene rings is 1. The number of ether oxygens (including phenoxy) is 1. The second-order valence-corrected chi connectivity index (χ2v) is 5.05. The lowest BCUT2D eigenvalue weighted by molar-refractivity contribution is 0.481. The first-order valence-corrected chi connectivity index (χ1v) is 6.48. The molecule has 0 radical (unpaired) electrons. The maximum absolute atomic E-state index is 9.19. The van der Waals surface area contributed by atoms with Gasteiger partial charge in [-0.25, -0.2) is 0 Å². The molecule has 6 heteroatoms. The number of aryl methyl sites for hydroxylation is 2. The fourth-order valence-electron chi connectivity index (χ4n) is 1.76. The lowest BCUT2D eigenvalue weighted by Gasteiger charge is -2.12. The van der Waals surface area contributed by atoms with E-state index in [0.29, 0.717) is 38.5 Å². The average Bonchev–Trinajstić information content (AvgIpc) is 2.35. The van der Waals surface area contributed by atoms with Crippen molar-refractivity contribution in [3.8, 4) is 17.6 Å². The van der Waals surface area contributed by atoms with Crippen LogP contribution in [-0.2, 0) is 0 Å². The van der Waals surface area contributed by atoms with E-state index in [1.165, 1.54) is 12.1 Å². The Morgan fingerprint density at radius 1 is 1.15 bits per heavy atom. The molecule has 2 aromatic rings. The number of nitrogens with two attached hydrogens (primary N) is 1. The first kappa shape index (κ1) is 14.4. The Labute approximate surface area is 126 Å². The third-order valence-electron chi connectivity index (χ3n) is 2.68. The van der Waals surface area contributed by atoms with Gasteiger partial charge in [0.1, 0.15) is 17.4 Å². The third-order valence-corrected chi connectivity index (χ3v) is 3.40. The van der Waals surface area contributed by atoms with Gasteiger partial charge >= 0.3 is 0 Å². The van der Waals surface area contributed by atoms with Crippen LogP contribution >= 0.6 is 23.2 Å². The van der Waals surface area contributed by atoms with Crippen LogP contribution in [-0.4, -0.2) is 4.98 Å². The van der Waals surface area contributed by atoms with Crippen molar-refractivity contribution in [3.05, 3.63) is 45.2 Å². The molecule has 2 N–H and O–H groups in total. The van der Waals surface area contributed by atoms with Gasteiger partial charge in [-0.15, -0.1) is 0 Å². The number of rotatable bonds is 2. The van der Waals surface area contributed by atoms with Gasteiger partial charge in [-0.05, 0) is 19.9 Å². The predicted molar refractivity (Wildman–Crippen MR) is 79.4 cm³/mol. The molecule has 0 saturated carbocycles. The maximum Gasteiger partial charge on any atom is 0.151 e. The van der Waals surface area contributed by atoms with E-state index in [9.17, 15) is 5.26 Å². The number of nitriles is 1. The summed E-state index contributed by atoms with van der Waals surface area (Å²) in [6.45, 7) is 3.57. The minimum atomic E-state index is 0.330. The molecule has 0 spiro atoms. The van der Waals surface area contributed by atoms with Gasteiger partial charge in [0.15, 0.2) is 5.75 Å². The van der Waals surface area contributed by atoms with E-state index in [-0.39, 0.29) is 0 Å². The largest absolute Gasteiger partial charge is 0.454 e. The fourth-order valence-corrected chi connectivity index (χ4v) is 2.09. The molecule has 0 atom stereocenters. The van der Waals surface area contributed by atoms with Gasteiger partial charge < -0.3 is 10.5 Å². The zero-order valence-electron chi connectivity index (χ0n) is 10.9. The molecule has 0 amide bonds. The van der Waals surface area contributed by atoms with Crippen molar-refractivity contribution in [1.29, 1.82) is 5.26 Å². The molecule has 0 aliphatic heterocycles. The lowest BCUT2D eigenvalue weighted by Crippen LogP contribution is -1.98. The number of halogens is 2. The fraction of sp³-hybridized carbons (Fsp3) is 0.143. The molecule has 102 valence electrons. The molecule has 0 saturated heterocycles. The quantitative estimate of drug-likeness (QED) is 0.842. The second kappa shape index (κ2) is 5.58. The van der Waals surface area contributed by atoms with Crippen molar-refractivity contribution in [2.45, 2.75) is 13.8 Å². The van der Waals surface area contributed by atoms with Gasteiger partial charge in [-0.1, -0.05) is 23.2 Å². The maximum atomic E-state index is 9.19. The van der Waals surface area contributed by atoms with Crippen LogP contribution in [0.25, 0.3) is 0 Å². The van der Waals surface area contributed by atoms with Crippen molar-refractivity contribution in [1.82, 2.24) is 4.98 Å². The smallest absolute Gasteiger partial charge is 0.151 e. The number of aromatic nitrogens is 1. The van der Waals surface area contributed by atoms with Gasteiger partial charge in [0.25, 0.3) is 0 Å². The first-order chi connectivity index (χ1) is 9.42. The zero-order valence-corrected chi connectivity index (χ0v) is 12.4. The van der Waals surface area contributed by atoms with Crippen LogP contribution in [0, 0.1) is 25.2 Å². The highest BCUT2D eigenvalue weighted by Crippen LogP contribution is 2.36. The number of anilines is 1. The Hall–Kier alpha value is -1.96. The SMILES string of the molecule is Cc1cc(Oc2cc(Cl)c(Cl)cc2N)c(C#N)c(C)n1. The van der Waals surface area contributed by atoms with Crippen molar-refractivity contribution in [2.24, 2.45) is 0 Å². The third kappa shape index (κ3) is 2.79. The van der Waals surface area contributed by atoms with Gasteiger partial charge in [0, 0.05) is 17.8 Å². The van der Waals surface area contributed by atoms with Crippen LogP contribution in [0.4, 0.5) is 5.69 Å². The summed E-state index contributed by atoms with van der Waals surface area (Å²) in [5.74, 6) is 0.739. The van der Waals surface area contributed by atoms with Crippen molar-refractivity contribution >= 4 is 28.9 Å². The van der Waals surface area contributed by atoms with Gasteiger partial charge in [-0.3, -0.25) is 4.98 Å². The highest BCUT2D eigenvalue weighted by Gasteiger charge is 2.13. The van der Waals surface area contributed by atoms with Crippen molar-refractivity contribution in [2.75, 3.05) is 5.73 Å². The Morgan fingerprint density at radius 2 is 1.80 bits per heavy atom. The zero-order chi connectivity index (χ0) is 14.9. The first-order valence-electron chi connectivity index (χ1n) is 5.73. The molecule has 0 aliphatic rings. The highest BCUT2D eigenvalue weighted by molar-refractivity contribution is 6.42. The van der Waals surface area contributed by atoms with Gasteiger partial charge in [-0.2, -0.15) is 5.26 Å².